The van der Waals surface area contributed by atoms with E-state index < -0.39 is 0 Å². The highest BCUT2D eigenvalue weighted by Gasteiger charge is 2.06. The van der Waals surface area contributed by atoms with Gasteiger partial charge in [0.15, 0.2) is 5.82 Å². The Hall–Kier alpha value is -2.56. The minimum absolute atomic E-state index is 0.266. The minimum Gasteiger partial charge on any atom is -0.508 e. The number of imidazole rings is 1. The number of nitrogens with zero attached hydrogens (tertiary/aromatic N) is 3. The zero-order valence-electron chi connectivity index (χ0n) is 9.61. The fourth-order valence-corrected chi connectivity index (χ4v) is 1.94. The van der Waals surface area contributed by atoms with Crippen LogP contribution in [0.2, 0.25) is 0 Å². The van der Waals surface area contributed by atoms with E-state index in [0.29, 0.717) is 12.4 Å². The van der Waals surface area contributed by atoms with E-state index in [9.17, 15) is 5.11 Å². The summed E-state index contributed by atoms with van der Waals surface area (Å²) in [7, 11) is 0. The second-order valence-corrected chi connectivity index (χ2v) is 4.10. The number of phenolic OH excluding ortho intramolecular Hbond substituents is 1. The monoisotopic (exact) mass is 240 g/mol. The average molecular weight is 240 g/mol. The molecular weight excluding hydrogens is 228 g/mol. The molecule has 0 aliphatic heterocycles. The third-order valence-corrected chi connectivity index (χ3v) is 2.86. The maximum Gasteiger partial charge on any atom is 0.151 e. The van der Waals surface area contributed by atoms with E-state index in [1.165, 1.54) is 0 Å². The first-order chi connectivity index (χ1) is 8.74. The third kappa shape index (κ3) is 1.75. The molecular formula is C13H12N4O. The molecule has 0 fully saturated rings. The van der Waals surface area contributed by atoms with E-state index in [-0.39, 0.29) is 5.75 Å². The molecule has 90 valence electrons. The van der Waals surface area contributed by atoms with Crippen molar-refractivity contribution in [1.29, 1.82) is 0 Å². The van der Waals surface area contributed by atoms with Crippen molar-refractivity contribution in [1.82, 2.24) is 14.5 Å². The Morgan fingerprint density at radius 3 is 2.67 bits per heavy atom. The first-order valence-corrected chi connectivity index (χ1v) is 5.57. The lowest BCUT2D eigenvalue weighted by Gasteiger charge is -2.04. The third-order valence-electron chi connectivity index (χ3n) is 2.86. The number of phenols is 1. The molecule has 0 spiro atoms. The van der Waals surface area contributed by atoms with Gasteiger partial charge in [0.05, 0.1) is 11.8 Å². The molecule has 5 heteroatoms. The van der Waals surface area contributed by atoms with Crippen LogP contribution in [-0.4, -0.2) is 19.6 Å². The summed E-state index contributed by atoms with van der Waals surface area (Å²) in [5, 5.41) is 9.25. The van der Waals surface area contributed by atoms with Crippen LogP contribution in [0.4, 0.5) is 5.82 Å². The number of aromatic nitrogens is 3. The standard InChI is InChI=1S/C13H12N4O/c14-13-12-11(5-6-15-13)17(8-16-12)7-9-1-3-10(18)4-2-9/h1-6,8,18H,7H2,(H2,14,15). The van der Waals surface area contributed by atoms with E-state index in [4.69, 9.17) is 5.73 Å². The molecule has 0 radical (unpaired) electrons. The van der Waals surface area contributed by atoms with E-state index in [2.05, 4.69) is 9.97 Å². The van der Waals surface area contributed by atoms with Gasteiger partial charge in [-0.15, -0.1) is 0 Å². The molecule has 2 heterocycles. The Balaban J connectivity index is 2.00. The van der Waals surface area contributed by atoms with Gasteiger partial charge in [0, 0.05) is 12.7 Å². The Morgan fingerprint density at radius 2 is 1.89 bits per heavy atom. The molecule has 2 aromatic heterocycles. The van der Waals surface area contributed by atoms with Crippen molar-refractivity contribution >= 4 is 16.9 Å². The summed E-state index contributed by atoms with van der Waals surface area (Å²) in [5.74, 6) is 0.708. The number of nitrogens with two attached hydrogens (primary N) is 1. The molecule has 18 heavy (non-hydrogen) atoms. The Morgan fingerprint density at radius 1 is 1.11 bits per heavy atom. The molecule has 5 nitrogen and oxygen atoms in total. The predicted octanol–water partition coefficient (Wildman–Crippen LogP) is 1.77. The number of hydrogen-bond donors (Lipinski definition) is 2. The Bertz CT molecular complexity index is 688. The van der Waals surface area contributed by atoms with Crippen molar-refractivity contribution in [3.8, 4) is 5.75 Å². The van der Waals surface area contributed by atoms with Gasteiger partial charge >= 0.3 is 0 Å². The van der Waals surface area contributed by atoms with Crippen LogP contribution in [0.1, 0.15) is 5.56 Å². The summed E-state index contributed by atoms with van der Waals surface area (Å²) >= 11 is 0. The summed E-state index contributed by atoms with van der Waals surface area (Å²) in [6, 6.07) is 8.99. The zero-order valence-corrected chi connectivity index (χ0v) is 9.61. The van der Waals surface area contributed by atoms with Gasteiger partial charge in [0.25, 0.3) is 0 Å². The topological polar surface area (TPSA) is 77.0 Å². The quantitative estimate of drug-likeness (QED) is 0.715. The lowest BCUT2D eigenvalue weighted by atomic mass is 10.2. The maximum atomic E-state index is 9.25. The van der Waals surface area contributed by atoms with Gasteiger partial charge in [-0.25, -0.2) is 9.97 Å². The van der Waals surface area contributed by atoms with Gasteiger partial charge in [-0.3, -0.25) is 0 Å². The molecule has 0 bridgehead atoms. The summed E-state index contributed by atoms with van der Waals surface area (Å²) < 4.78 is 2.00. The molecule has 0 amide bonds. The summed E-state index contributed by atoms with van der Waals surface area (Å²) in [6.07, 6.45) is 3.42. The van der Waals surface area contributed by atoms with Gasteiger partial charge in [0.2, 0.25) is 0 Å². The van der Waals surface area contributed by atoms with Crippen LogP contribution in [0.3, 0.4) is 0 Å². The number of pyridine rings is 1. The van der Waals surface area contributed by atoms with Crippen molar-refractivity contribution in [2.24, 2.45) is 0 Å². The van der Waals surface area contributed by atoms with Crippen molar-refractivity contribution in [2.45, 2.75) is 6.54 Å². The van der Waals surface area contributed by atoms with Crippen molar-refractivity contribution in [3.63, 3.8) is 0 Å². The van der Waals surface area contributed by atoms with Crippen LogP contribution in [0.15, 0.2) is 42.9 Å². The van der Waals surface area contributed by atoms with Crippen LogP contribution in [0.5, 0.6) is 5.75 Å². The molecule has 0 saturated heterocycles. The van der Waals surface area contributed by atoms with Crippen molar-refractivity contribution in [3.05, 3.63) is 48.4 Å². The molecule has 3 rings (SSSR count). The Labute approximate surface area is 104 Å². The van der Waals surface area contributed by atoms with Crippen LogP contribution in [0.25, 0.3) is 11.0 Å². The molecule has 0 aliphatic carbocycles. The first kappa shape index (κ1) is 10.6. The number of aromatic hydroxyl groups is 1. The highest BCUT2D eigenvalue weighted by atomic mass is 16.3. The second kappa shape index (κ2) is 4.03. The highest BCUT2D eigenvalue weighted by molar-refractivity contribution is 5.84. The molecule has 0 atom stereocenters. The van der Waals surface area contributed by atoms with Gasteiger partial charge in [-0.1, -0.05) is 12.1 Å². The van der Waals surface area contributed by atoms with Gasteiger partial charge in [-0.2, -0.15) is 0 Å². The summed E-state index contributed by atoms with van der Waals surface area (Å²) in [5.41, 5.74) is 8.52. The number of benzene rings is 1. The van der Waals surface area contributed by atoms with E-state index in [1.807, 2.05) is 22.8 Å². The van der Waals surface area contributed by atoms with Gasteiger partial charge in [0.1, 0.15) is 11.3 Å². The molecule has 3 aromatic rings. The summed E-state index contributed by atoms with van der Waals surface area (Å²) in [4.78, 5) is 8.27. The smallest absolute Gasteiger partial charge is 0.151 e. The van der Waals surface area contributed by atoms with Gasteiger partial charge < -0.3 is 15.4 Å². The summed E-state index contributed by atoms with van der Waals surface area (Å²) in [6.45, 7) is 0.681. The number of nitrogen functional groups attached to an aromatic ring is 1. The van der Waals surface area contributed by atoms with Crippen LogP contribution in [0, 0.1) is 0 Å². The number of fused-ring (bicyclic) bond motifs is 1. The maximum absolute atomic E-state index is 9.25. The van der Waals surface area contributed by atoms with Crippen molar-refractivity contribution in [2.75, 3.05) is 5.73 Å². The van der Waals surface area contributed by atoms with Gasteiger partial charge in [-0.05, 0) is 23.8 Å². The fraction of sp³-hybridized carbons (Fsp3) is 0.0769. The number of rotatable bonds is 2. The van der Waals surface area contributed by atoms with Crippen LogP contribution in [-0.2, 0) is 6.54 Å². The number of hydrogen-bond acceptors (Lipinski definition) is 4. The molecule has 1 aromatic carbocycles. The lowest BCUT2D eigenvalue weighted by molar-refractivity contribution is 0.475. The highest BCUT2D eigenvalue weighted by Crippen LogP contribution is 2.18. The Kier molecular flexibility index (Phi) is 2.37. The first-order valence-electron chi connectivity index (χ1n) is 5.57. The molecule has 0 aliphatic rings. The van der Waals surface area contributed by atoms with Crippen LogP contribution < -0.4 is 5.73 Å². The largest absolute Gasteiger partial charge is 0.508 e. The SMILES string of the molecule is Nc1nccc2c1ncn2Cc1ccc(O)cc1. The minimum atomic E-state index is 0.266. The lowest BCUT2D eigenvalue weighted by Crippen LogP contribution is -1.98. The molecule has 0 saturated carbocycles. The van der Waals surface area contributed by atoms with Crippen LogP contribution >= 0.6 is 0 Å². The molecule has 0 unspecified atom stereocenters. The normalized spacial score (nSPS) is 10.9. The second-order valence-electron chi connectivity index (χ2n) is 4.10. The fourth-order valence-electron chi connectivity index (χ4n) is 1.94. The zero-order chi connectivity index (χ0) is 12.5. The van der Waals surface area contributed by atoms with E-state index >= 15 is 0 Å². The van der Waals surface area contributed by atoms with E-state index in [1.54, 1.807) is 24.7 Å². The van der Waals surface area contributed by atoms with E-state index in [0.717, 1.165) is 16.6 Å². The van der Waals surface area contributed by atoms with Crippen molar-refractivity contribution < 1.29 is 5.11 Å². The predicted molar refractivity (Wildman–Crippen MR) is 69.1 cm³/mol. The number of anilines is 1. The molecule has 3 N–H and O–H groups in total. The average Bonchev–Trinajstić information content (AvgIpc) is 2.77.